The van der Waals surface area contributed by atoms with Gasteiger partial charge in [0.05, 0.1) is 11.2 Å². The summed E-state index contributed by atoms with van der Waals surface area (Å²) in [7, 11) is -8.46. The molecule has 0 aromatic carbocycles. The highest BCUT2D eigenvalue weighted by Gasteiger charge is 2.28. The first-order chi connectivity index (χ1) is 11.1. The molecule has 152 valence electrons. The van der Waals surface area contributed by atoms with Gasteiger partial charge in [0.2, 0.25) is 0 Å². The Hall–Kier alpha value is 0.720. The van der Waals surface area contributed by atoms with Crippen molar-refractivity contribution < 1.29 is 31.8 Å². The fourth-order valence-electron chi connectivity index (χ4n) is 1.81. The van der Waals surface area contributed by atoms with Crippen molar-refractivity contribution in [3.8, 4) is 0 Å². The molecule has 0 heterocycles. The summed E-state index contributed by atoms with van der Waals surface area (Å²) in [6.45, 7) is 6.68. The van der Waals surface area contributed by atoms with Crippen molar-refractivity contribution in [3.63, 3.8) is 0 Å². The molecule has 0 radical (unpaired) electrons. The third-order valence-electron chi connectivity index (χ3n) is 3.12. The quantitative estimate of drug-likeness (QED) is 0.307. The number of hydrogen-bond acceptors (Lipinski definition) is 7. The van der Waals surface area contributed by atoms with Crippen LogP contribution in [0.1, 0.15) is 40.5 Å². The smallest absolute Gasteiger partial charge is 0.338 e. The zero-order chi connectivity index (χ0) is 19.9. The first-order valence-corrected chi connectivity index (χ1v) is 13.5. The van der Waals surface area contributed by atoms with E-state index in [4.69, 9.17) is 29.8 Å². The molecule has 0 aromatic rings. The van der Waals surface area contributed by atoms with Crippen LogP contribution in [0, 0.1) is 0 Å². The molecule has 13 heteroatoms. The average Bonchev–Trinajstić information content (AvgIpc) is 2.36. The van der Waals surface area contributed by atoms with Gasteiger partial charge in [-0.25, -0.2) is 10.1 Å². The topological polar surface area (TPSA) is 162 Å². The molecule has 0 spiro atoms. The summed E-state index contributed by atoms with van der Waals surface area (Å²) >= 11 is 0. The van der Waals surface area contributed by atoms with E-state index in [2.05, 4.69) is 0 Å². The zero-order valence-electron chi connectivity index (χ0n) is 15.0. The van der Waals surface area contributed by atoms with E-state index in [1.807, 2.05) is 0 Å². The molecule has 0 saturated heterocycles. The fourth-order valence-corrected chi connectivity index (χ4v) is 6.54. The van der Waals surface area contributed by atoms with Crippen LogP contribution in [-0.2, 0) is 35.2 Å². The molecule has 0 aliphatic heterocycles. The molecule has 0 saturated carbocycles. The van der Waals surface area contributed by atoms with Crippen LogP contribution in [0.15, 0.2) is 0 Å². The van der Waals surface area contributed by atoms with Gasteiger partial charge < -0.3 is 14.3 Å². The Morgan fingerprint density at radius 3 is 1.76 bits per heavy atom. The molecule has 25 heavy (non-hydrogen) atoms. The minimum absolute atomic E-state index is 0.251. The van der Waals surface area contributed by atoms with Crippen molar-refractivity contribution in [2.75, 3.05) is 23.0 Å². The maximum atomic E-state index is 12.0. The molecule has 0 bridgehead atoms. The van der Waals surface area contributed by atoms with Crippen LogP contribution in [-0.4, -0.2) is 52.4 Å². The highest BCUT2D eigenvalue weighted by Crippen LogP contribution is 2.38. The van der Waals surface area contributed by atoms with Crippen LogP contribution in [0.4, 0.5) is 0 Å². The van der Waals surface area contributed by atoms with Gasteiger partial charge in [-0.2, -0.15) is 0 Å². The zero-order valence-corrected chi connectivity index (χ0v) is 18.5. The summed E-state index contributed by atoms with van der Waals surface area (Å²) in [4.78, 5) is 18.1. The van der Waals surface area contributed by atoms with Crippen molar-refractivity contribution in [1.29, 1.82) is 0 Å². The maximum Gasteiger partial charge on any atom is 0.400 e. The molecule has 6 N–H and O–H groups in total. The fraction of sp³-hybridized carbons (Fsp3) is 1.00. The van der Waals surface area contributed by atoms with Crippen LogP contribution in [0.5, 0.6) is 0 Å². The molecule has 4 unspecified atom stereocenters. The third-order valence-corrected chi connectivity index (χ3v) is 7.45. The monoisotopic (exact) mass is 440 g/mol. The van der Waals surface area contributed by atoms with Crippen molar-refractivity contribution in [2.24, 2.45) is 11.0 Å². The molecule has 0 amide bonds. The van der Waals surface area contributed by atoms with Crippen LogP contribution in [0.25, 0.3) is 0 Å². The van der Waals surface area contributed by atoms with Crippen molar-refractivity contribution in [2.45, 2.75) is 51.7 Å². The van der Waals surface area contributed by atoms with E-state index < -0.39 is 49.1 Å². The molecular formula is C12H30N2O7P2S2. The first-order valence-electron chi connectivity index (χ1n) is 7.57. The molecular weight excluding hydrogens is 410 g/mol. The maximum absolute atomic E-state index is 12.0. The normalized spacial score (nSPS) is 19.2. The van der Waals surface area contributed by atoms with Crippen LogP contribution in [0.2, 0.25) is 0 Å². The van der Waals surface area contributed by atoms with Gasteiger partial charge in [0.1, 0.15) is 0 Å². The van der Waals surface area contributed by atoms with E-state index >= 15 is 0 Å². The van der Waals surface area contributed by atoms with E-state index in [0.29, 0.717) is 12.2 Å². The van der Waals surface area contributed by atoms with Crippen LogP contribution in [0.3, 0.4) is 0 Å². The Labute approximate surface area is 155 Å². The number of nitrogens with two attached hydrogens (primary N) is 2. The molecule has 0 rings (SSSR count). The largest absolute Gasteiger partial charge is 0.400 e. The lowest BCUT2D eigenvalue weighted by atomic mass is 10.1. The summed E-state index contributed by atoms with van der Waals surface area (Å²) < 4.78 is 45.1. The lowest BCUT2D eigenvalue weighted by Crippen LogP contribution is -2.28. The molecule has 4 atom stereocenters. The highest BCUT2D eigenvalue weighted by molar-refractivity contribution is 7.88. The predicted octanol–water partition coefficient (Wildman–Crippen LogP) is 1.09. The Bertz CT molecular complexity index is 512. The number of rotatable bonds is 13. The second-order valence-electron chi connectivity index (χ2n) is 6.76. The molecule has 9 nitrogen and oxygen atoms in total. The molecule has 0 aromatic heterocycles. The lowest BCUT2D eigenvalue weighted by molar-refractivity contribution is 0.0895. The second kappa shape index (κ2) is 10.9. The first kappa shape index (κ1) is 25.7. The Morgan fingerprint density at radius 2 is 1.40 bits per heavy atom. The summed E-state index contributed by atoms with van der Waals surface area (Å²) in [5, 5.41) is 0. The van der Waals surface area contributed by atoms with Crippen LogP contribution >= 0.6 is 16.3 Å². The minimum Gasteiger partial charge on any atom is -0.338 e. The number of hydrogen-bond donors (Lipinski definition) is 4. The summed E-state index contributed by atoms with van der Waals surface area (Å²) in [5.74, 6) is 1.13. The van der Waals surface area contributed by atoms with Gasteiger partial charge in [-0.3, -0.25) is 18.4 Å². The lowest BCUT2D eigenvalue weighted by Gasteiger charge is -2.26. The Balaban J connectivity index is 4.13. The SMILES string of the molecule is CC(C)(CCS(=O)CCS(=O)CCC(C)(C)OP(N)(=O)O)OP(N)O. The predicted molar refractivity (Wildman–Crippen MR) is 103 cm³/mol. The Morgan fingerprint density at radius 1 is 1.00 bits per heavy atom. The standard InChI is InChI=1S/C12H30N2O7P2S2/c1-11(2,20-22(13)15)5-7-24(18)9-10-25(19)8-6-12(3,4)21-23(14,16)17/h15H,5-10,13H2,1-4H3,(H3,14,16,17). The van der Waals surface area contributed by atoms with Crippen LogP contribution < -0.4 is 11.0 Å². The van der Waals surface area contributed by atoms with Gasteiger partial charge in [0.25, 0.3) is 8.53 Å². The summed E-state index contributed by atoms with van der Waals surface area (Å²) in [6.07, 6.45) is 0.734. The van der Waals surface area contributed by atoms with Crippen molar-refractivity contribution in [1.82, 2.24) is 0 Å². The second-order valence-corrected chi connectivity index (χ2v) is 12.3. The highest BCUT2D eigenvalue weighted by atomic mass is 32.2. The van der Waals surface area contributed by atoms with Crippen molar-refractivity contribution >= 4 is 37.9 Å². The molecule has 0 aliphatic carbocycles. The van der Waals surface area contributed by atoms with E-state index in [-0.39, 0.29) is 23.7 Å². The van der Waals surface area contributed by atoms with E-state index in [0.717, 1.165) is 0 Å². The van der Waals surface area contributed by atoms with Gasteiger partial charge in [-0.15, -0.1) is 0 Å². The summed E-state index contributed by atoms with van der Waals surface area (Å²) in [6, 6.07) is 0. The van der Waals surface area contributed by atoms with Gasteiger partial charge in [0, 0.05) is 44.6 Å². The minimum atomic E-state index is -4.10. The van der Waals surface area contributed by atoms with Gasteiger partial charge in [-0.05, 0) is 40.5 Å². The third kappa shape index (κ3) is 15.5. The van der Waals surface area contributed by atoms with Gasteiger partial charge in [-0.1, -0.05) is 0 Å². The van der Waals surface area contributed by atoms with E-state index in [9.17, 15) is 13.0 Å². The van der Waals surface area contributed by atoms with Crippen molar-refractivity contribution in [3.05, 3.63) is 0 Å². The van der Waals surface area contributed by atoms with E-state index in [1.54, 1.807) is 27.7 Å². The average molecular weight is 440 g/mol. The van der Waals surface area contributed by atoms with Gasteiger partial charge >= 0.3 is 7.75 Å². The molecule has 0 fully saturated rings. The van der Waals surface area contributed by atoms with E-state index in [1.165, 1.54) is 0 Å². The Kier molecular flexibility index (Phi) is 11.2. The van der Waals surface area contributed by atoms with Gasteiger partial charge in [0.15, 0.2) is 0 Å². The summed E-state index contributed by atoms with van der Waals surface area (Å²) in [5.41, 5.74) is 8.54. The molecule has 0 aliphatic rings.